The molecular formula is C35H28FN3O3S. The first-order chi connectivity index (χ1) is 20.9. The van der Waals surface area contributed by atoms with E-state index in [0.717, 1.165) is 66.8 Å². The summed E-state index contributed by atoms with van der Waals surface area (Å²) < 4.78 is 21.0. The van der Waals surface area contributed by atoms with Gasteiger partial charge in [-0.1, -0.05) is 30.8 Å². The van der Waals surface area contributed by atoms with Gasteiger partial charge in [0, 0.05) is 58.0 Å². The lowest BCUT2D eigenvalue weighted by Gasteiger charge is -2.28. The number of methoxy groups -OCH3 is 1. The fourth-order valence-corrected chi connectivity index (χ4v) is 7.09. The van der Waals surface area contributed by atoms with Gasteiger partial charge in [-0.15, -0.1) is 11.3 Å². The van der Waals surface area contributed by atoms with Gasteiger partial charge in [-0.2, -0.15) is 0 Å². The monoisotopic (exact) mass is 589 g/mol. The molecule has 6 nitrogen and oxygen atoms in total. The van der Waals surface area contributed by atoms with E-state index in [1.54, 1.807) is 29.4 Å². The van der Waals surface area contributed by atoms with Crippen molar-refractivity contribution >= 4 is 33.2 Å². The van der Waals surface area contributed by atoms with E-state index in [0.29, 0.717) is 31.8 Å². The predicted octanol–water partition coefficient (Wildman–Crippen LogP) is 6.69. The minimum atomic E-state index is -0.379. The molecule has 0 bridgehead atoms. The molecule has 0 spiro atoms. The maximum Gasteiger partial charge on any atom is 0.246 e. The standard InChI is InChI=1S/C35H28FN3O3S/c1-3-31(41)39-12-10-20-4-6-23(15-25(20)19-39)34-32(27-9-8-26(36)17-29(27)42-2)35-28(11-13-43-35)33(38-34)22-7-5-21-16-30(40)37-18-24(21)14-22/h3-9,11,13-15,17H,1,10,12,16,18-19H2,2H3,(H,37,40). The number of carbonyl (C=O) groups is 2. The van der Waals surface area contributed by atoms with Gasteiger partial charge in [0.15, 0.2) is 0 Å². The Kier molecular flexibility index (Phi) is 6.78. The van der Waals surface area contributed by atoms with Crippen molar-refractivity contribution in [2.45, 2.75) is 25.9 Å². The summed E-state index contributed by atoms with van der Waals surface area (Å²) in [5, 5.41) is 5.97. The Hall–Kier alpha value is -4.82. The van der Waals surface area contributed by atoms with Crippen LogP contribution in [0, 0.1) is 5.82 Å². The van der Waals surface area contributed by atoms with Crippen LogP contribution in [0.25, 0.3) is 43.7 Å². The highest BCUT2D eigenvalue weighted by Gasteiger charge is 2.25. The molecule has 0 saturated carbocycles. The largest absolute Gasteiger partial charge is 0.496 e. The zero-order valence-corrected chi connectivity index (χ0v) is 24.4. The maximum absolute atomic E-state index is 14.3. The van der Waals surface area contributed by atoms with Crippen LogP contribution in [0.5, 0.6) is 5.75 Å². The molecule has 2 aliphatic rings. The smallest absolute Gasteiger partial charge is 0.246 e. The van der Waals surface area contributed by atoms with Crippen molar-refractivity contribution in [2.24, 2.45) is 0 Å². The summed E-state index contributed by atoms with van der Waals surface area (Å²) in [4.78, 5) is 31.5. The van der Waals surface area contributed by atoms with Crippen LogP contribution in [0.1, 0.15) is 22.3 Å². The Morgan fingerprint density at radius 3 is 2.63 bits per heavy atom. The summed E-state index contributed by atoms with van der Waals surface area (Å²) in [6.07, 6.45) is 2.49. The van der Waals surface area contributed by atoms with E-state index in [1.807, 2.05) is 17.5 Å². The minimum Gasteiger partial charge on any atom is -0.496 e. The quantitative estimate of drug-likeness (QED) is 0.232. The third-order valence-electron chi connectivity index (χ3n) is 8.33. The third-order valence-corrected chi connectivity index (χ3v) is 9.26. The number of hydrogen-bond acceptors (Lipinski definition) is 5. The molecule has 0 aliphatic carbocycles. The fourth-order valence-electron chi connectivity index (χ4n) is 6.14. The first-order valence-electron chi connectivity index (χ1n) is 14.1. The van der Waals surface area contributed by atoms with Crippen molar-refractivity contribution in [3.63, 3.8) is 0 Å². The predicted molar refractivity (Wildman–Crippen MR) is 167 cm³/mol. The second-order valence-electron chi connectivity index (χ2n) is 10.8. The highest BCUT2D eigenvalue weighted by molar-refractivity contribution is 7.18. The van der Waals surface area contributed by atoms with Crippen molar-refractivity contribution in [3.8, 4) is 39.4 Å². The molecule has 0 atom stereocenters. The Bertz CT molecular complexity index is 1960. The average Bonchev–Trinajstić information content (AvgIpc) is 3.53. The van der Waals surface area contributed by atoms with E-state index in [2.05, 4.69) is 42.2 Å². The number of fused-ring (bicyclic) bond motifs is 3. The zero-order chi connectivity index (χ0) is 29.7. The van der Waals surface area contributed by atoms with Gasteiger partial charge in [0.05, 0.1) is 24.9 Å². The second-order valence-corrected chi connectivity index (χ2v) is 11.7. The normalized spacial score (nSPS) is 14.2. The van der Waals surface area contributed by atoms with Crippen LogP contribution in [0.4, 0.5) is 4.39 Å². The molecule has 0 fully saturated rings. The molecule has 2 aromatic heterocycles. The Labute approximate surface area is 252 Å². The van der Waals surface area contributed by atoms with E-state index in [9.17, 15) is 14.0 Å². The van der Waals surface area contributed by atoms with Gasteiger partial charge in [-0.05, 0) is 70.5 Å². The summed E-state index contributed by atoms with van der Waals surface area (Å²) in [5.74, 6) is -0.0112. The SMILES string of the molecule is C=CC(=O)N1CCc2ccc(-c3nc(-c4ccc5c(c4)CNC(=O)C5)c4ccsc4c3-c3ccc(F)cc3OC)cc2C1. The van der Waals surface area contributed by atoms with Crippen molar-refractivity contribution in [1.82, 2.24) is 15.2 Å². The van der Waals surface area contributed by atoms with Gasteiger partial charge in [-0.25, -0.2) is 9.37 Å². The molecular weight excluding hydrogens is 561 g/mol. The Morgan fingerprint density at radius 2 is 1.81 bits per heavy atom. The minimum absolute atomic E-state index is 0.0271. The van der Waals surface area contributed by atoms with E-state index in [4.69, 9.17) is 9.72 Å². The summed E-state index contributed by atoms with van der Waals surface area (Å²) in [7, 11) is 1.54. The molecule has 43 heavy (non-hydrogen) atoms. The van der Waals surface area contributed by atoms with Crippen molar-refractivity contribution in [3.05, 3.63) is 107 Å². The number of benzene rings is 3. The molecule has 1 N–H and O–H groups in total. The number of ether oxygens (including phenoxy) is 1. The molecule has 4 heterocycles. The number of rotatable bonds is 5. The average molecular weight is 590 g/mol. The Morgan fingerprint density at radius 1 is 1.02 bits per heavy atom. The molecule has 0 radical (unpaired) electrons. The first kappa shape index (κ1) is 27.0. The molecule has 8 heteroatoms. The van der Waals surface area contributed by atoms with Crippen LogP contribution in [0.3, 0.4) is 0 Å². The van der Waals surface area contributed by atoms with Gasteiger partial charge in [0.25, 0.3) is 0 Å². The molecule has 214 valence electrons. The van der Waals surface area contributed by atoms with Gasteiger partial charge in [0.2, 0.25) is 11.8 Å². The van der Waals surface area contributed by atoms with E-state index in [-0.39, 0.29) is 17.6 Å². The van der Waals surface area contributed by atoms with Crippen LogP contribution >= 0.6 is 11.3 Å². The number of nitrogens with one attached hydrogen (secondary N) is 1. The molecule has 2 aliphatic heterocycles. The van der Waals surface area contributed by atoms with E-state index < -0.39 is 0 Å². The third kappa shape index (κ3) is 4.77. The van der Waals surface area contributed by atoms with Gasteiger partial charge in [-0.3, -0.25) is 9.59 Å². The number of thiophene rings is 1. The number of amides is 2. The van der Waals surface area contributed by atoms with Gasteiger partial charge < -0.3 is 15.0 Å². The molecule has 0 unspecified atom stereocenters. The topological polar surface area (TPSA) is 71.5 Å². The van der Waals surface area contributed by atoms with Gasteiger partial charge >= 0.3 is 0 Å². The lowest BCUT2D eigenvalue weighted by atomic mass is 9.91. The Balaban J connectivity index is 1.47. The zero-order valence-electron chi connectivity index (χ0n) is 23.6. The molecule has 7 rings (SSSR count). The van der Waals surface area contributed by atoms with Crippen molar-refractivity contribution < 1.29 is 18.7 Å². The summed E-state index contributed by atoms with van der Waals surface area (Å²) in [5.41, 5.74) is 9.41. The maximum atomic E-state index is 14.3. The van der Waals surface area contributed by atoms with E-state index in [1.165, 1.54) is 23.8 Å². The number of hydrogen-bond donors (Lipinski definition) is 1. The van der Waals surface area contributed by atoms with Crippen LogP contribution in [0.2, 0.25) is 0 Å². The molecule has 3 aromatic carbocycles. The summed E-state index contributed by atoms with van der Waals surface area (Å²) in [6.45, 7) is 5.29. The highest BCUT2D eigenvalue weighted by Crippen LogP contribution is 2.46. The lowest BCUT2D eigenvalue weighted by Crippen LogP contribution is -2.34. The number of aromatic nitrogens is 1. The van der Waals surface area contributed by atoms with Crippen LogP contribution < -0.4 is 10.1 Å². The van der Waals surface area contributed by atoms with Crippen molar-refractivity contribution in [2.75, 3.05) is 13.7 Å². The number of pyridine rings is 1. The van der Waals surface area contributed by atoms with Gasteiger partial charge in [0.1, 0.15) is 11.6 Å². The van der Waals surface area contributed by atoms with E-state index >= 15 is 0 Å². The fraction of sp³-hybridized carbons (Fsp3) is 0.171. The molecule has 0 saturated heterocycles. The number of carbonyl (C=O) groups excluding carboxylic acids is 2. The summed E-state index contributed by atoms with van der Waals surface area (Å²) in [6, 6.07) is 19.1. The lowest BCUT2D eigenvalue weighted by molar-refractivity contribution is -0.127. The molecule has 5 aromatic rings. The summed E-state index contributed by atoms with van der Waals surface area (Å²) >= 11 is 1.60. The second kappa shape index (κ2) is 10.8. The van der Waals surface area contributed by atoms with Crippen LogP contribution in [-0.2, 0) is 35.5 Å². The van der Waals surface area contributed by atoms with Crippen LogP contribution in [-0.4, -0.2) is 35.4 Å². The molecule has 2 amide bonds. The highest BCUT2D eigenvalue weighted by atomic mass is 32.1. The number of halogens is 1. The van der Waals surface area contributed by atoms with Crippen LogP contribution in [0.15, 0.2) is 78.7 Å². The van der Waals surface area contributed by atoms with Crippen molar-refractivity contribution in [1.29, 1.82) is 0 Å². The first-order valence-corrected chi connectivity index (χ1v) is 15.0. The number of nitrogens with zero attached hydrogens (tertiary/aromatic N) is 2.